The Morgan fingerprint density at radius 3 is 1.95 bits per heavy atom. The Morgan fingerprint density at radius 1 is 0.795 bits per heavy atom. The molecule has 2 aliphatic rings. The summed E-state index contributed by atoms with van der Waals surface area (Å²) in [5, 5.41) is 0.480. The molecule has 1 aliphatic heterocycles. The molecule has 0 aromatic carbocycles. The SMILES string of the molecule is COC(=O)N(CCOCCOCCC(=O)ON1C(=O)CCC1=O)CCN(C)C(=O)CC(C)(C)C1=C(C)C(=O)C(C)=C(C)C1=O. The van der Waals surface area contributed by atoms with Gasteiger partial charge in [0.1, 0.15) is 0 Å². The van der Waals surface area contributed by atoms with E-state index in [0.29, 0.717) is 27.4 Å². The van der Waals surface area contributed by atoms with Crippen LogP contribution >= 0.6 is 0 Å². The van der Waals surface area contributed by atoms with Crippen molar-refractivity contribution in [2.45, 2.75) is 60.3 Å². The van der Waals surface area contributed by atoms with Gasteiger partial charge in [0.25, 0.3) is 11.8 Å². The number of imide groups is 1. The summed E-state index contributed by atoms with van der Waals surface area (Å²) in [6.07, 6.45) is -0.717. The predicted octanol–water partition coefficient (Wildman–Crippen LogP) is 1.76. The third kappa shape index (κ3) is 9.55. The highest BCUT2D eigenvalue weighted by atomic mass is 16.7. The van der Waals surface area contributed by atoms with E-state index in [0.717, 1.165) is 0 Å². The first-order valence-electron chi connectivity index (χ1n) is 14.4. The number of nitrogens with zero attached hydrogens (tertiary/aromatic N) is 3. The molecule has 0 saturated carbocycles. The molecule has 44 heavy (non-hydrogen) atoms. The quantitative estimate of drug-likeness (QED) is 0.140. The first-order valence-corrected chi connectivity index (χ1v) is 14.4. The first-order chi connectivity index (χ1) is 20.6. The summed E-state index contributed by atoms with van der Waals surface area (Å²) >= 11 is 0. The normalized spacial score (nSPS) is 15.8. The molecular weight excluding hydrogens is 578 g/mol. The summed E-state index contributed by atoms with van der Waals surface area (Å²) in [6, 6.07) is 0. The van der Waals surface area contributed by atoms with Crippen LogP contribution in [0.2, 0.25) is 0 Å². The standard InChI is InChI=1S/C30H43N3O11/c1-19-20(2)28(39)26(21(3)27(19)38)30(4,5)18-24(36)31(6)11-12-32(29(40)41-7)13-15-43-17-16-42-14-10-25(37)44-33-22(34)8-9-23(33)35/h8-18H2,1-7H3. The molecular formula is C30H43N3O11. The molecule has 0 aromatic rings. The predicted molar refractivity (Wildman–Crippen MR) is 155 cm³/mol. The second kappa shape index (κ2) is 16.2. The van der Waals surface area contributed by atoms with Gasteiger partial charge < -0.3 is 28.8 Å². The number of Topliss-reactive ketones (excluding diaryl/α,β-unsaturated/α-hetero) is 2. The second-order valence-electron chi connectivity index (χ2n) is 11.3. The van der Waals surface area contributed by atoms with E-state index in [4.69, 9.17) is 19.0 Å². The third-order valence-electron chi connectivity index (χ3n) is 7.55. The zero-order valence-electron chi connectivity index (χ0n) is 26.6. The van der Waals surface area contributed by atoms with Crippen LogP contribution in [0, 0.1) is 5.41 Å². The Kier molecular flexibility index (Phi) is 13.4. The molecule has 4 amide bonds. The number of likely N-dealkylation sites (N-methyl/N-ethyl adjacent to an activating group) is 1. The minimum atomic E-state index is -0.881. The Balaban J connectivity index is 1.74. The van der Waals surface area contributed by atoms with Crippen molar-refractivity contribution in [2.24, 2.45) is 5.41 Å². The highest BCUT2D eigenvalue weighted by Crippen LogP contribution is 2.39. The van der Waals surface area contributed by atoms with Gasteiger partial charge in [-0.2, -0.15) is 0 Å². The van der Waals surface area contributed by atoms with Crippen molar-refractivity contribution < 1.29 is 52.6 Å². The van der Waals surface area contributed by atoms with Crippen molar-refractivity contribution in [2.75, 3.05) is 60.2 Å². The van der Waals surface area contributed by atoms with Gasteiger partial charge in [-0.3, -0.25) is 24.0 Å². The molecule has 0 unspecified atom stereocenters. The van der Waals surface area contributed by atoms with Crippen LogP contribution in [-0.2, 0) is 47.8 Å². The van der Waals surface area contributed by atoms with Gasteiger partial charge >= 0.3 is 12.1 Å². The molecule has 2 rings (SSSR count). The number of ether oxygens (including phenoxy) is 3. The number of hydrogen-bond acceptors (Lipinski definition) is 11. The second-order valence-corrected chi connectivity index (χ2v) is 11.3. The van der Waals surface area contributed by atoms with Gasteiger partial charge in [0.2, 0.25) is 5.91 Å². The molecule has 0 spiro atoms. The van der Waals surface area contributed by atoms with Crippen LogP contribution in [0.15, 0.2) is 22.3 Å². The Morgan fingerprint density at radius 2 is 1.36 bits per heavy atom. The van der Waals surface area contributed by atoms with Gasteiger partial charge in [-0.05, 0) is 20.8 Å². The number of carbonyl (C=O) groups excluding carboxylic acids is 7. The summed E-state index contributed by atoms with van der Waals surface area (Å²) in [5.74, 6) is -2.53. The molecule has 1 heterocycles. The summed E-state index contributed by atoms with van der Waals surface area (Å²) < 4.78 is 15.6. The third-order valence-corrected chi connectivity index (χ3v) is 7.55. The van der Waals surface area contributed by atoms with E-state index in [9.17, 15) is 33.6 Å². The van der Waals surface area contributed by atoms with Crippen molar-refractivity contribution in [1.82, 2.24) is 14.9 Å². The molecule has 0 atom stereocenters. The molecule has 1 saturated heterocycles. The fourth-order valence-corrected chi connectivity index (χ4v) is 4.79. The number of hydroxylamine groups is 2. The lowest BCUT2D eigenvalue weighted by atomic mass is 9.71. The number of rotatable bonds is 16. The minimum absolute atomic E-state index is 0.00113. The van der Waals surface area contributed by atoms with Crippen LogP contribution in [-0.4, -0.2) is 116 Å². The van der Waals surface area contributed by atoms with E-state index in [1.165, 1.54) is 16.9 Å². The van der Waals surface area contributed by atoms with Crippen LogP contribution in [0.25, 0.3) is 0 Å². The molecule has 0 N–H and O–H groups in total. The molecule has 1 fully saturated rings. The maximum Gasteiger partial charge on any atom is 0.409 e. The fraction of sp³-hybridized carbons (Fsp3) is 0.633. The van der Waals surface area contributed by atoms with E-state index in [1.807, 2.05) is 0 Å². The maximum absolute atomic E-state index is 13.1. The Hall–Kier alpha value is -3.91. The lowest BCUT2D eigenvalue weighted by Crippen LogP contribution is -2.42. The van der Waals surface area contributed by atoms with Gasteiger partial charge in [-0.15, -0.1) is 5.06 Å². The van der Waals surface area contributed by atoms with Gasteiger partial charge in [0.05, 0.1) is 40.0 Å². The van der Waals surface area contributed by atoms with Crippen LogP contribution < -0.4 is 0 Å². The zero-order valence-corrected chi connectivity index (χ0v) is 26.6. The van der Waals surface area contributed by atoms with Crippen molar-refractivity contribution in [1.29, 1.82) is 0 Å². The Labute approximate surface area is 257 Å². The maximum atomic E-state index is 13.1. The number of carbonyl (C=O) groups is 7. The van der Waals surface area contributed by atoms with E-state index < -0.39 is 29.3 Å². The van der Waals surface area contributed by atoms with E-state index in [1.54, 1.807) is 41.7 Å². The van der Waals surface area contributed by atoms with Gasteiger partial charge in [-0.1, -0.05) is 13.8 Å². The smallest absolute Gasteiger partial charge is 0.409 e. The van der Waals surface area contributed by atoms with Gasteiger partial charge in [-0.25, -0.2) is 9.59 Å². The molecule has 244 valence electrons. The summed E-state index contributed by atoms with van der Waals surface area (Å²) in [6.45, 7) is 9.41. The summed E-state index contributed by atoms with van der Waals surface area (Å²) in [4.78, 5) is 93.3. The number of hydrogen-bond donors (Lipinski definition) is 0. The molecule has 14 nitrogen and oxygen atoms in total. The van der Waals surface area contributed by atoms with Crippen molar-refractivity contribution in [3.63, 3.8) is 0 Å². The van der Waals surface area contributed by atoms with E-state index in [2.05, 4.69) is 0 Å². The number of ketones is 2. The van der Waals surface area contributed by atoms with Crippen LogP contribution in [0.5, 0.6) is 0 Å². The summed E-state index contributed by atoms with van der Waals surface area (Å²) in [7, 11) is 2.85. The topological polar surface area (TPSA) is 166 Å². The van der Waals surface area contributed by atoms with E-state index in [-0.39, 0.29) is 89.2 Å². The van der Waals surface area contributed by atoms with Gasteiger partial charge in [0, 0.05) is 73.7 Å². The van der Waals surface area contributed by atoms with Crippen molar-refractivity contribution >= 4 is 41.4 Å². The van der Waals surface area contributed by atoms with Gasteiger partial charge in [0.15, 0.2) is 11.6 Å². The van der Waals surface area contributed by atoms with Crippen LogP contribution in [0.4, 0.5) is 4.79 Å². The van der Waals surface area contributed by atoms with E-state index >= 15 is 0 Å². The highest BCUT2D eigenvalue weighted by Gasteiger charge is 2.39. The first kappa shape index (κ1) is 36.3. The minimum Gasteiger partial charge on any atom is -0.453 e. The lowest BCUT2D eigenvalue weighted by molar-refractivity contribution is -0.198. The number of methoxy groups -OCH3 is 1. The number of allylic oxidation sites excluding steroid dienone is 4. The van der Waals surface area contributed by atoms with Crippen molar-refractivity contribution in [3.8, 4) is 0 Å². The number of amides is 4. The Bertz CT molecular complexity index is 1220. The zero-order chi connectivity index (χ0) is 33.2. The van der Waals surface area contributed by atoms with Crippen LogP contribution in [0.3, 0.4) is 0 Å². The average Bonchev–Trinajstić information content (AvgIpc) is 3.28. The highest BCUT2D eigenvalue weighted by molar-refractivity contribution is 6.25. The average molecular weight is 622 g/mol. The monoisotopic (exact) mass is 621 g/mol. The largest absolute Gasteiger partial charge is 0.453 e. The molecule has 0 aromatic heterocycles. The van der Waals surface area contributed by atoms with Crippen LogP contribution in [0.1, 0.15) is 60.3 Å². The van der Waals surface area contributed by atoms with Crippen molar-refractivity contribution in [3.05, 3.63) is 22.3 Å². The molecule has 1 aliphatic carbocycles. The molecule has 14 heteroatoms. The fourth-order valence-electron chi connectivity index (χ4n) is 4.79. The molecule has 0 bridgehead atoms. The molecule has 0 radical (unpaired) electrons. The lowest BCUT2D eigenvalue weighted by Gasteiger charge is -2.33. The summed E-state index contributed by atoms with van der Waals surface area (Å²) in [5.41, 5.74) is 0.635.